The van der Waals surface area contributed by atoms with Gasteiger partial charge >= 0.3 is 18.0 Å². The van der Waals surface area contributed by atoms with Crippen LogP contribution in [0.25, 0.3) is 0 Å². The van der Waals surface area contributed by atoms with Crippen molar-refractivity contribution in [2.45, 2.75) is 32.7 Å². The molecule has 0 unspecified atom stereocenters. The lowest BCUT2D eigenvalue weighted by atomic mass is 10.1. The lowest BCUT2D eigenvalue weighted by Crippen LogP contribution is -2.35. The number of amides is 2. The minimum absolute atomic E-state index is 0.0267. The molecule has 0 aliphatic rings. The van der Waals surface area contributed by atoms with Crippen LogP contribution in [-0.2, 0) is 22.3 Å². The average molecular weight is 380 g/mol. The van der Waals surface area contributed by atoms with Gasteiger partial charge < -0.3 is 15.4 Å². The monoisotopic (exact) mass is 380 g/mol. The van der Waals surface area contributed by atoms with Gasteiger partial charge in [-0.1, -0.05) is 24.3 Å². The van der Waals surface area contributed by atoms with Crippen LogP contribution in [-0.4, -0.2) is 17.9 Å². The second-order valence-corrected chi connectivity index (χ2v) is 5.99. The molecule has 0 saturated heterocycles. The second-order valence-electron chi connectivity index (χ2n) is 5.99. The summed E-state index contributed by atoms with van der Waals surface area (Å²) in [5.74, 6) is -1.54. The summed E-state index contributed by atoms with van der Waals surface area (Å²) >= 11 is 0. The second kappa shape index (κ2) is 8.57. The lowest BCUT2D eigenvalue weighted by molar-refractivity contribution is -0.138. The zero-order valence-corrected chi connectivity index (χ0v) is 14.8. The minimum Gasteiger partial charge on any atom is -0.491 e. The summed E-state index contributed by atoms with van der Waals surface area (Å²) in [7, 11) is 0. The SMILES string of the molecule is CC(C)Oc1ccc(CNC(=O)C(=O)Nc2ccccc2C(F)(F)F)cc1. The van der Waals surface area contributed by atoms with Crippen LogP contribution in [0.5, 0.6) is 5.75 Å². The van der Waals surface area contributed by atoms with Gasteiger partial charge in [-0.05, 0) is 43.7 Å². The lowest BCUT2D eigenvalue weighted by Gasteiger charge is -2.13. The van der Waals surface area contributed by atoms with Gasteiger partial charge in [0.25, 0.3) is 0 Å². The number of hydrogen-bond acceptors (Lipinski definition) is 3. The molecule has 0 atom stereocenters. The van der Waals surface area contributed by atoms with Crippen molar-refractivity contribution in [1.29, 1.82) is 0 Å². The van der Waals surface area contributed by atoms with Gasteiger partial charge in [0.05, 0.1) is 17.4 Å². The van der Waals surface area contributed by atoms with E-state index in [1.807, 2.05) is 19.2 Å². The highest BCUT2D eigenvalue weighted by molar-refractivity contribution is 6.39. The Kier molecular flexibility index (Phi) is 6.44. The topological polar surface area (TPSA) is 67.4 Å². The summed E-state index contributed by atoms with van der Waals surface area (Å²) in [4.78, 5) is 23.7. The fourth-order valence-corrected chi connectivity index (χ4v) is 2.24. The molecule has 0 aromatic heterocycles. The maximum atomic E-state index is 12.9. The molecule has 0 spiro atoms. The minimum atomic E-state index is -4.64. The number of hydrogen-bond donors (Lipinski definition) is 2. The molecule has 0 heterocycles. The van der Waals surface area contributed by atoms with Gasteiger partial charge in [0.2, 0.25) is 0 Å². The number of alkyl halides is 3. The molecule has 0 saturated carbocycles. The van der Waals surface area contributed by atoms with Gasteiger partial charge in [0, 0.05) is 6.54 Å². The van der Waals surface area contributed by atoms with Crippen molar-refractivity contribution >= 4 is 17.5 Å². The van der Waals surface area contributed by atoms with Crippen LogP contribution in [0, 0.1) is 0 Å². The number of carbonyl (C=O) groups excluding carboxylic acids is 2. The molecule has 27 heavy (non-hydrogen) atoms. The summed E-state index contributed by atoms with van der Waals surface area (Å²) < 4.78 is 44.3. The van der Waals surface area contributed by atoms with Crippen LogP contribution in [0.2, 0.25) is 0 Å². The van der Waals surface area contributed by atoms with Crippen LogP contribution < -0.4 is 15.4 Å². The molecule has 0 aliphatic heterocycles. The van der Waals surface area contributed by atoms with Crippen LogP contribution in [0.4, 0.5) is 18.9 Å². The molecule has 0 bridgehead atoms. The van der Waals surface area contributed by atoms with Crippen molar-refractivity contribution in [3.05, 3.63) is 59.7 Å². The van der Waals surface area contributed by atoms with Crippen molar-refractivity contribution in [2.75, 3.05) is 5.32 Å². The van der Waals surface area contributed by atoms with E-state index in [4.69, 9.17) is 4.74 Å². The van der Waals surface area contributed by atoms with Crippen molar-refractivity contribution in [3.63, 3.8) is 0 Å². The maximum Gasteiger partial charge on any atom is 0.418 e. The third-order valence-electron chi connectivity index (χ3n) is 3.44. The fourth-order valence-electron chi connectivity index (χ4n) is 2.24. The van der Waals surface area contributed by atoms with E-state index in [0.717, 1.165) is 12.1 Å². The Morgan fingerprint density at radius 1 is 1.00 bits per heavy atom. The Bertz CT molecular complexity index is 803. The van der Waals surface area contributed by atoms with Crippen molar-refractivity contribution in [3.8, 4) is 5.75 Å². The fraction of sp³-hybridized carbons (Fsp3) is 0.263. The van der Waals surface area contributed by atoms with Crippen LogP contribution in [0.1, 0.15) is 25.0 Å². The average Bonchev–Trinajstić information content (AvgIpc) is 2.60. The number of carbonyl (C=O) groups is 2. The summed E-state index contributed by atoms with van der Waals surface area (Å²) in [6.07, 6.45) is -4.61. The van der Waals surface area contributed by atoms with Crippen molar-refractivity contribution in [1.82, 2.24) is 5.32 Å². The number of ether oxygens (including phenoxy) is 1. The quantitative estimate of drug-likeness (QED) is 0.777. The van der Waals surface area contributed by atoms with Gasteiger partial charge in [-0.25, -0.2) is 0 Å². The predicted molar refractivity (Wildman–Crippen MR) is 94.1 cm³/mol. The zero-order chi connectivity index (χ0) is 20.0. The third kappa shape index (κ3) is 6.02. The molecule has 0 aliphatic carbocycles. The van der Waals surface area contributed by atoms with E-state index in [2.05, 4.69) is 5.32 Å². The predicted octanol–water partition coefficient (Wildman–Crippen LogP) is 3.75. The number of benzene rings is 2. The van der Waals surface area contributed by atoms with E-state index in [1.54, 1.807) is 24.3 Å². The number of rotatable bonds is 5. The van der Waals surface area contributed by atoms with Gasteiger partial charge in [0.1, 0.15) is 5.75 Å². The number of nitrogens with one attached hydrogen (secondary N) is 2. The molecule has 0 radical (unpaired) electrons. The first-order valence-corrected chi connectivity index (χ1v) is 8.18. The van der Waals surface area contributed by atoms with E-state index in [0.29, 0.717) is 11.3 Å². The Morgan fingerprint density at radius 3 is 2.22 bits per heavy atom. The molecular formula is C19H19F3N2O3. The number of halogens is 3. The molecule has 0 fully saturated rings. The first kappa shape index (κ1) is 20.3. The van der Waals surface area contributed by atoms with Crippen LogP contribution in [0.15, 0.2) is 48.5 Å². The van der Waals surface area contributed by atoms with Crippen LogP contribution in [0.3, 0.4) is 0 Å². The zero-order valence-electron chi connectivity index (χ0n) is 14.8. The third-order valence-corrected chi connectivity index (χ3v) is 3.44. The molecule has 2 rings (SSSR count). The highest BCUT2D eigenvalue weighted by Gasteiger charge is 2.34. The first-order chi connectivity index (χ1) is 12.7. The van der Waals surface area contributed by atoms with Crippen molar-refractivity contribution < 1.29 is 27.5 Å². The standard InChI is InChI=1S/C19H19F3N2O3/c1-12(2)27-14-9-7-13(8-10-14)11-23-17(25)18(26)24-16-6-4-3-5-15(16)19(20,21)22/h3-10,12H,11H2,1-2H3,(H,23,25)(H,24,26). The molecule has 2 aromatic carbocycles. The first-order valence-electron chi connectivity index (χ1n) is 8.18. The summed E-state index contributed by atoms with van der Waals surface area (Å²) in [6.45, 7) is 3.84. The van der Waals surface area contributed by atoms with Gasteiger partial charge in [-0.2, -0.15) is 13.2 Å². The Morgan fingerprint density at radius 2 is 1.63 bits per heavy atom. The molecule has 8 heteroatoms. The summed E-state index contributed by atoms with van der Waals surface area (Å²) in [5, 5.41) is 4.36. The maximum absolute atomic E-state index is 12.9. The number of para-hydroxylation sites is 1. The highest BCUT2D eigenvalue weighted by Crippen LogP contribution is 2.34. The molecule has 144 valence electrons. The molecule has 2 N–H and O–H groups in total. The van der Waals surface area contributed by atoms with E-state index in [-0.39, 0.29) is 12.6 Å². The summed E-state index contributed by atoms with van der Waals surface area (Å²) in [5.41, 5.74) is -0.782. The normalized spacial score (nSPS) is 11.2. The molecule has 2 amide bonds. The van der Waals surface area contributed by atoms with Gasteiger partial charge in [0.15, 0.2) is 0 Å². The Hall–Kier alpha value is -3.03. The van der Waals surface area contributed by atoms with Gasteiger partial charge in [-0.15, -0.1) is 0 Å². The van der Waals surface area contributed by atoms with E-state index in [1.165, 1.54) is 12.1 Å². The van der Waals surface area contributed by atoms with Crippen LogP contribution >= 0.6 is 0 Å². The van der Waals surface area contributed by atoms with Crippen molar-refractivity contribution in [2.24, 2.45) is 0 Å². The smallest absolute Gasteiger partial charge is 0.418 e. The van der Waals surface area contributed by atoms with E-state index < -0.39 is 29.2 Å². The summed E-state index contributed by atoms with van der Waals surface area (Å²) in [6, 6.07) is 11.3. The number of anilines is 1. The highest BCUT2D eigenvalue weighted by atomic mass is 19.4. The Labute approximate surface area is 154 Å². The van der Waals surface area contributed by atoms with E-state index in [9.17, 15) is 22.8 Å². The van der Waals surface area contributed by atoms with Gasteiger partial charge in [-0.3, -0.25) is 9.59 Å². The molecule has 2 aromatic rings. The van der Waals surface area contributed by atoms with E-state index >= 15 is 0 Å². The molecule has 5 nitrogen and oxygen atoms in total. The largest absolute Gasteiger partial charge is 0.491 e. The molecular weight excluding hydrogens is 361 g/mol. The Balaban J connectivity index is 1.94.